The molecule has 0 unspecified atom stereocenters. The molecule has 0 aliphatic carbocycles. The third-order valence-electron chi connectivity index (χ3n) is 3.28. The second-order valence-electron chi connectivity index (χ2n) is 6.39. The lowest BCUT2D eigenvalue weighted by atomic mass is 9.67. The molecule has 0 aromatic heterocycles. The number of benzene rings is 2. The van der Waals surface area contributed by atoms with Gasteiger partial charge in [0.25, 0.3) is 0 Å². The minimum atomic E-state index is -1.28. The lowest BCUT2D eigenvalue weighted by Gasteiger charge is -2.27. The fourth-order valence-electron chi connectivity index (χ4n) is 1.75. The standard InChI is InChI=1S/C18H18B4O2S4/c1-13-3-7-15(8-4-13)27-23-17(19,20)11-25-26-12-18(21,22)24-28-16-9-5-14(2)6-10-16/h3-10H,11-12H2,1-2H3. The first-order valence-electron chi connectivity index (χ1n) is 8.40. The van der Waals surface area contributed by atoms with Crippen molar-refractivity contribution in [3.63, 3.8) is 0 Å². The summed E-state index contributed by atoms with van der Waals surface area (Å²) in [4.78, 5) is 1.88. The summed E-state index contributed by atoms with van der Waals surface area (Å²) in [6.45, 7) is 4.05. The minimum absolute atomic E-state index is 0.359. The van der Waals surface area contributed by atoms with Crippen LogP contribution in [0.5, 0.6) is 0 Å². The fraction of sp³-hybridized carbons (Fsp3) is 0.333. The fourth-order valence-corrected chi connectivity index (χ4v) is 5.28. The van der Waals surface area contributed by atoms with Crippen molar-refractivity contribution in [3.8, 4) is 0 Å². The van der Waals surface area contributed by atoms with Gasteiger partial charge in [-0.3, -0.25) is 0 Å². The van der Waals surface area contributed by atoms with E-state index in [1.165, 1.54) is 32.7 Å². The van der Waals surface area contributed by atoms with Crippen molar-refractivity contribution in [2.75, 3.05) is 11.5 Å². The van der Waals surface area contributed by atoms with Crippen LogP contribution >= 0.6 is 45.7 Å². The predicted molar refractivity (Wildman–Crippen MR) is 130 cm³/mol. The van der Waals surface area contributed by atoms with Crippen molar-refractivity contribution < 1.29 is 8.37 Å². The van der Waals surface area contributed by atoms with Crippen LogP contribution in [0.1, 0.15) is 11.1 Å². The van der Waals surface area contributed by atoms with Crippen molar-refractivity contribution in [1.29, 1.82) is 0 Å². The molecule has 0 spiro atoms. The highest BCUT2D eigenvalue weighted by Crippen LogP contribution is 2.33. The average Bonchev–Trinajstić information content (AvgIpc) is 2.65. The number of hydrogen-bond acceptors (Lipinski definition) is 6. The van der Waals surface area contributed by atoms with Gasteiger partial charge in [-0.2, -0.15) is 0 Å². The lowest BCUT2D eigenvalue weighted by molar-refractivity contribution is 0.316. The largest absolute Gasteiger partial charge is 0.323 e. The molecule has 28 heavy (non-hydrogen) atoms. The lowest BCUT2D eigenvalue weighted by Crippen LogP contribution is -2.35. The molecule has 0 saturated carbocycles. The first-order chi connectivity index (χ1) is 13.2. The van der Waals surface area contributed by atoms with Crippen molar-refractivity contribution >= 4 is 77.1 Å². The Morgan fingerprint density at radius 1 is 0.643 bits per heavy atom. The summed E-state index contributed by atoms with van der Waals surface area (Å²) in [6, 6.07) is 15.8. The van der Waals surface area contributed by atoms with E-state index in [2.05, 4.69) is 0 Å². The molecule has 0 aliphatic heterocycles. The van der Waals surface area contributed by atoms with Gasteiger partial charge in [0.15, 0.2) is 0 Å². The van der Waals surface area contributed by atoms with E-state index in [9.17, 15) is 0 Å². The summed E-state index contributed by atoms with van der Waals surface area (Å²) in [5.41, 5.74) is 2.36. The van der Waals surface area contributed by atoms with Gasteiger partial charge >= 0.3 is 0 Å². The van der Waals surface area contributed by atoms with Crippen LogP contribution in [0.2, 0.25) is 0 Å². The first-order valence-corrected chi connectivity index (χ1v) is 12.4. The molecule has 0 fully saturated rings. The SMILES string of the molecule is [B]C([B])(CSSCC([B])([B])OSc1ccc(C)cc1)OSc1ccc(C)cc1. The number of hydrogen-bond donors (Lipinski definition) is 0. The average molecular weight is 438 g/mol. The second kappa shape index (κ2) is 11.4. The molecule has 0 amide bonds. The Kier molecular flexibility index (Phi) is 9.91. The predicted octanol–water partition coefficient (Wildman–Crippen LogP) is 4.41. The molecule has 0 N–H and O–H groups in total. The highest BCUT2D eigenvalue weighted by molar-refractivity contribution is 8.76. The maximum absolute atomic E-state index is 5.99. The monoisotopic (exact) mass is 438 g/mol. The second-order valence-corrected chi connectivity index (χ2v) is 10.5. The molecule has 0 saturated heterocycles. The Bertz CT molecular complexity index is 664. The van der Waals surface area contributed by atoms with Gasteiger partial charge in [-0.05, 0) is 38.1 Å². The van der Waals surface area contributed by atoms with Crippen molar-refractivity contribution in [2.45, 2.75) is 34.4 Å². The molecule has 0 atom stereocenters. The van der Waals surface area contributed by atoms with E-state index >= 15 is 0 Å². The van der Waals surface area contributed by atoms with E-state index in [4.69, 9.17) is 39.8 Å². The molecule has 8 radical (unpaired) electrons. The van der Waals surface area contributed by atoms with Crippen molar-refractivity contribution in [2.24, 2.45) is 0 Å². The molecule has 0 heterocycles. The van der Waals surface area contributed by atoms with Gasteiger partial charge in [0.1, 0.15) is 31.4 Å². The maximum Gasteiger partial charge on any atom is 0.102 e. The summed E-state index contributed by atoms with van der Waals surface area (Å²) in [6.07, 6.45) is 0. The summed E-state index contributed by atoms with van der Waals surface area (Å²) >= 11 is 2.31. The van der Waals surface area contributed by atoms with E-state index in [1.54, 1.807) is 0 Å². The van der Waals surface area contributed by atoms with Crippen LogP contribution in [0.15, 0.2) is 58.3 Å². The summed E-state index contributed by atoms with van der Waals surface area (Å²) in [7, 11) is 26.8. The maximum atomic E-state index is 5.99. The molecule has 0 aliphatic rings. The van der Waals surface area contributed by atoms with E-state index < -0.39 is 10.8 Å². The Hall–Kier alpha value is 0.0197. The van der Waals surface area contributed by atoms with Crippen molar-refractivity contribution in [3.05, 3.63) is 59.7 Å². The first kappa shape index (κ1) is 24.3. The van der Waals surface area contributed by atoms with Gasteiger partial charge in [-0.25, -0.2) is 0 Å². The summed E-state index contributed by atoms with van der Waals surface area (Å²) < 4.78 is 11.1. The van der Waals surface area contributed by atoms with E-state index in [0.29, 0.717) is 11.5 Å². The van der Waals surface area contributed by atoms with E-state index in [0.717, 1.165) is 33.9 Å². The molecule has 2 rings (SSSR count). The van der Waals surface area contributed by atoms with Gasteiger partial charge in [-0.1, -0.05) is 57.0 Å². The van der Waals surface area contributed by atoms with Gasteiger partial charge in [0.2, 0.25) is 0 Å². The van der Waals surface area contributed by atoms with Crippen LogP contribution in [0.3, 0.4) is 0 Å². The van der Waals surface area contributed by atoms with Gasteiger partial charge in [-0.15, -0.1) is 0 Å². The zero-order valence-corrected chi connectivity index (χ0v) is 19.1. The van der Waals surface area contributed by atoms with Gasteiger partial charge in [0.05, 0.1) is 0 Å². The number of rotatable bonds is 11. The molecule has 2 nitrogen and oxygen atoms in total. The van der Waals surface area contributed by atoms with Crippen LogP contribution in [-0.2, 0) is 8.37 Å². The Morgan fingerprint density at radius 3 is 1.29 bits per heavy atom. The van der Waals surface area contributed by atoms with Crippen LogP contribution in [0, 0.1) is 13.8 Å². The number of aryl methyl sites for hydroxylation is 2. The van der Waals surface area contributed by atoms with E-state index in [1.807, 2.05) is 62.4 Å². The Labute approximate surface area is 190 Å². The smallest absolute Gasteiger partial charge is 0.102 e. The van der Waals surface area contributed by atoms with E-state index in [-0.39, 0.29) is 0 Å². The molecule has 10 heteroatoms. The van der Waals surface area contributed by atoms with Gasteiger partial charge < -0.3 is 8.37 Å². The highest BCUT2D eigenvalue weighted by Gasteiger charge is 2.22. The topological polar surface area (TPSA) is 18.5 Å². The minimum Gasteiger partial charge on any atom is -0.323 e. The molecule has 0 bridgehead atoms. The third kappa shape index (κ3) is 9.68. The highest BCUT2D eigenvalue weighted by atomic mass is 33.1. The van der Waals surface area contributed by atoms with Crippen LogP contribution < -0.4 is 0 Å². The quantitative estimate of drug-likeness (QED) is 0.223. The van der Waals surface area contributed by atoms with Crippen LogP contribution in [0.25, 0.3) is 0 Å². The molecule has 2 aromatic carbocycles. The molecule has 2 aromatic rings. The molecular weight excluding hydrogens is 420 g/mol. The van der Waals surface area contributed by atoms with Crippen LogP contribution in [-0.4, -0.2) is 53.7 Å². The zero-order chi connectivity index (χ0) is 20.6. The normalized spacial score (nSPS) is 12.2. The molecular formula is C18H18B4O2S4. The Balaban J connectivity index is 1.66. The Morgan fingerprint density at radius 2 is 0.964 bits per heavy atom. The third-order valence-corrected chi connectivity index (χ3v) is 7.51. The van der Waals surface area contributed by atoms with Crippen molar-refractivity contribution in [1.82, 2.24) is 0 Å². The molecule has 138 valence electrons. The summed E-state index contributed by atoms with van der Waals surface area (Å²) in [5.74, 6) is 0.718. The van der Waals surface area contributed by atoms with Gasteiger partial charge in [0, 0.05) is 56.2 Å². The zero-order valence-electron chi connectivity index (χ0n) is 15.8. The summed E-state index contributed by atoms with van der Waals surface area (Å²) in [5, 5.41) is -2.56. The van der Waals surface area contributed by atoms with Crippen LogP contribution in [0.4, 0.5) is 0 Å².